The molecular weight excluding hydrogens is 436 g/mol. The van der Waals surface area contributed by atoms with E-state index in [9.17, 15) is 32.4 Å². The molecule has 3 rings (SSSR count). The number of hydrogen-bond acceptors (Lipinski definition) is 7. The quantitative estimate of drug-likeness (QED) is 0.461. The molecule has 1 aliphatic rings. The first kappa shape index (κ1) is 22.7. The Morgan fingerprint density at radius 3 is 2.71 bits per heavy atom. The molecule has 1 saturated heterocycles. The summed E-state index contributed by atoms with van der Waals surface area (Å²) in [7, 11) is -4.33. The topological polar surface area (TPSA) is 122 Å². The van der Waals surface area contributed by atoms with Crippen LogP contribution in [-0.4, -0.2) is 44.8 Å². The van der Waals surface area contributed by atoms with E-state index in [0.29, 0.717) is 13.1 Å². The van der Waals surface area contributed by atoms with E-state index < -0.39 is 32.1 Å². The predicted molar refractivity (Wildman–Crippen MR) is 109 cm³/mol. The van der Waals surface area contributed by atoms with E-state index >= 15 is 0 Å². The fraction of sp³-hybridized carbons (Fsp3) is 0.368. The van der Waals surface area contributed by atoms with E-state index in [1.165, 1.54) is 36.4 Å². The van der Waals surface area contributed by atoms with Crippen LogP contribution in [0.5, 0.6) is 5.75 Å². The number of hydrogen-bond donors (Lipinski definition) is 2. The predicted octanol–water partition coefficient (Wildman–Crippen LogP) is 3.21. The molecule has 168 valence electrons. The summed E-state index contributed by atoms with van der Waals surface area (Å²) in [6.07, 6.45) is 1.54. The Morgan fingerprint density at radius 2 is 2.03 bits per heavy atom. The van der Waals surface area contributed by atoms with Crippen molar-refractivity contribution in [1.29, 1.82) is 0 Å². The SMILES string of the molecule is O=[N+]([O-])c1cc(S(=O)(=O)Nc2ccccc2OC(F)F)ccc1N1CCC[C@@H](CO)C1. The summed E-state index contributed by atoms with van der Waals surface area (Å²) in [5, 5.41) is 21.0. The van der Waals surface area contributed by atoms with Crippen LogP contribution in [0.25, 0.3) is 0 Å². The Labute approximate surface area is 177 Å². The number of halogens is 2. The van der Waals surface area contributed by atoms with Gasteiger partial charge < -0.3 is 14.7 Å². The average Bonchev–Trinajstić information content (AvgIpc) is 2.74. The standard InChI is InChI=1S/C19H21F2N3O6S/c20-19(21)30-18-6-2-1-5-15(18)22-31(28,29)14-7-8-16(17(10-14)24(26)27)23-9-3-4-13(11-23)12-25/h1-2,5-8,10,13,19,22,25H,3-4,9,11-12H2/t13-/m1/s1. The number of anilines is 2. The van der Waals surface area contributed by atoms with E-state index in [4.69, 9.17) is 0 Å². The molecule has 0 spiro atoms. The van der Waals surface area contributed by atoms with Gasteiger partial charge in [0.1, 0.15) is 11.4 Å². The minimum atomic E-state index is -4.33. The maximum absolute atomic E-state index is 12.8. The lowest BCUT2D eigenvalue weighted by Gasteiger charge is -2.33. The van der Waals surface area contributed by atoms with Crippen LogP contribution in [0.2, 0.25) is 0 Å². The summed E-state index contributed by atoms with van der Waals surface area (Å²) >= 11 is 0. The first-order valence-corrected chi connectivity index (χ1v) is 10.9. The first-order chi connectivity index (χ1) is 14.7. The summed E-state index contributed by atoms with van der Waals surface area (Å²) in [5.41, 5.74) is -0.376. The van der Waals surface area contributed by atoms with Crippen LogP contribution in [0, 0.1) is 16.0 Å². The van der Waals surface area contributed by atoms with Gasteiger partial charge in [-0.25, -0.2) is 8.42 Å². The Hall–Kier alpha value is -2.99. The molecule has 12 heteroatoms. The molecular formula is C19H21F2N3O6S. The highest BCUT2D eigenvalue weighted by molar-refractivity contribution is 7.92. The molecule has 0 aromatic heterocycles. The lowest BCUT2D eigenvalue weighted by Crippen LogP contribution is -2.37. The number of nitro benzene ring substituents is 1. The van der Waals surface area contributed by atoms with Crippen molar-refractivity contribution in [3.8, 4) is 5.75 Å². The molecule has 0 saturated carbocycles. The minimum absolute atomic E-state index is 0.0234. The third kappa shape index (κ3) is 5.39. The maximum atomic E-state index is 12.8. The highest BCUT2D eigenvalue weighted by Crippen LogP contribution is 2.35. The number of nitrogens with one attached hydrogen (secondary N) is 1. The zero-order valence-corrected chi connectivity index (χ0v) is 17.1. The molecule has 2 aromatic rings. The fourth-order valence-electron chi connectivity index (χ4n) is 3.47. The van der Waals surface area contributed by atoms with Gasteiger partial charge in [0.05, 0.1) is 15.5 Å². The van der Waals surface area contributed by atoms with E-state index in [0.717, 1.165) is 18.9 Å². The molecule has 31 heavy (non-hydrogen) atoms. The monoisotopic (exact) mass is 457 g/mol. The number of sulfonamides is 1. The highest BCUT2D eigenvalue weighted by Gasteiger charge is 2.28. The van der Waals surface area contributed by atoms with Crippen LogP contribution in [0.15, 0.2) is 47.4 Å². The van der Waals surface area contributed by atoms with Gasteiger partial charge in [-0.2, -0.15) is 8.78 Å². The molecule has 0 amide bonds. The van der Waals surface area contributed by atoms with Crippen molar-refractivity contribution in [2.75, 3.05) is 29.3 Å². The zero-order valence-electron chi connectivity index (χ0n) is 16.3. The fourth-order valence-corrected chi connectivity index (χ4v) is 4.56. The van der Waals surface area contributed by atoms with Crippen LogP contribution in [0.3, 0.4) is 0 Å². The normalized spacial score (nSPS) is 16.9. The van der Waals surface area contributed by atoms with Crippen molar-refractivity contribution < 1.29 is 32.0 Å². The summed E-state index contributed by atoms with van der Waals surface area (Å²) in [6, 6.07) is 8.71. The number of nitrogens with zero attached hydrogens (tertiary/aromatic N) is 2. The summed E-state index contributed by atoms with van der Waals surface area (Å²) in [6.45, 7) is -2.24. The molecule has 1 atom stereocenters. The van der Waals surface area contributed by atoms with Gasteiger partial charge in [-0.1, -0.05) is 12.1 Å². The number of aliphatic hydroxyl groups excluding tert-OH is 1. The van der Waals surface area contributed by atoms with Crippen LogP contribution in [0.1, 0.15) is 12.8 Å². The van der Waals surface area contributed by atoms with Gasteiger partial charge in [0.2, 0.25) is 0 Å². The van der Waals surface area contributed by atoms with E-state index in [1.54, 1.807) is 4.90 Å². The second-order valence-corrected chi connectivity index (χ2v) is 8.71. The molecule has 1 heterocycles. The van der Waals surface area contributed by atoms with E-state index in [1.807, 2.05) is 0 Å². The van der Waals surface area contributed by atoms with Gasteiger partial charge in [-0.3, -0.25) is 14.8 Å². The summed E-state index contributed by atoms with van der Waals surface area (Å²) in [4.78, 5) is 12.3. The molecule has 9 nitrogen and oxygen atoms in total. The lowest BCUT2D eigenvalue weighted by molar-refractivity contribution is -0.384. The summed E-state index contributed by atoms with van der Waals surface area (Å²) < 4.78 is 57.2. The van der Waals surface area contributed by atoms with Crippen LogP contribution >= 0.6 is 0 Å². The second kappa shape index (κ2) is 9.43. The van der Waals surface area contributed by atoms with Crippen molar-refractivity contribution in [2.45, 2.75) is 24.3 Å². The van der Waals surface area contributed by atoms with Crippen LogP contribution in [-0.2, 0) is 10.0 Å². The van der Waals surface area contributed by atoms with Crippen molar-refractivity contribution in [2.24, 2.45) is 5.92 Å². The highest BCUT2D eigenvalue weighted by atomic mass is 32.2. The lowest BCUT2D eigenvalue weighted by atomic mass is 9.98. The molecule has 1 aliphatic heterocycles. The first-order valence-electron chi connectivity index (χ1n) is 9.42. The van der Waals surface area contributed by atoms with Crippen LogP contribution < -0.4 is 14.4 Å². The Kier molecular flexibility index (Phi) is 6.91. The Bertz CT molecular complexity index is 1050. The number of para-hydroxylation sites is 2. The van der Waals surface area contributed by atoms with E-state index in [-0.39, 0.29) is 29.6 Å². The number of rotatable bonds is 8. The molecule has 0 bridgehead atoms. The zero-order chi connectivity index (χ0) is 22.6. The molecule has 0 unspecified atom stereocenters. The molecule has 2 aromatic carbocycles. The van der Waals surface area contributed by atoms with Gasteiger partial charge in [-0.05, 0) is 43.0 Å². The number of nitro groups is 1. The van der Waals surface area contributed by atoms with Crippen molar-refractivity contribution in [3.63, 3.8) is 0 Å². The number of alkyl halides is 2. The average molecular weight is 457 g/mol. The minimum Gasteiger partial charge on any atom is -0.433 e. The Morgan fingerprint density at radius 1 is 1.29 bits per heavy atom. The van der Waals surface area contributed by atoms with Gasteiger partial charge >= 0.3 is 6.61 Å². The molecule has 1 fully saturated rings. The van der Waals surface area contributed by atoms with Gasteiger partial charge in [0, 0.05) is 25.8 Å². The number of aliphatic hydroxyl groups is 1. The summed E-state index contributed by atoms with van der Waals surface area (Å²) in [5.74, 6) is -0.402. The smallest absolute Gasteiger partial charge is 0.387 e. The van der Waals surface area contributed by atoms with E-state index in [2.05, 4.69) is 9.46 Å². The maximum Gasteiger partial charge on any atom is 0.387 e. The van der Waals surface area contributed by atoms with Gasteiger partial charge in [0.25, 0.3) is 15.7 Å². The Balaban J connectivity index is 1.92. The van der Waals surface area contributed by atoms with Crippen LogP contribution in [0.4, 0.5) is 25.8 Å². The largest absolute Gasteiger partial charge is 0.433 e. The van der Waals surface area contributed by atoms with Gasteiger partial charge in [-0.15, -0.1) is 0 Å². The molecule has 0 aliphatic carbocycles. The molecule has 2 N–H and O–H groups in total. The molecule has 0 radical (unpaired) electrons. The second-order valence-electron chi connectivity index (χ2n) is 7.02. The van der Waals surface area contributed by atoms with Crippen molar-refractivity contribution in [1.82, 2.24) is 0 Å². The van der Waals surface area contributed by atoms with Crippen molar-refractivity contribution >= 4 is 27.1 Å². The van der Waals surface area contributed by atoms with Gasteiger partial charge in [0.15, 0.2) is 0 Å². The third-order valence-corrected chi connectivity index (χ3v) is 6.28. The van der Waals surface area contributed by atoms with Crippen molar-refractivity contribution in [3.05, 3.63) is 52.6 Å². The number of ether oxygens (including phenoxy) is 1. The number of benzene rings is 2. The third-order valence-electron chi connectivity index (χ3n) is 4.92. The number of piperidine rings is 1.